The maximum Gasteiger partial charge on any atom is 0.332 e. The number of benzene rings is 2. The van der Waals surface area contributed by atoms with Crippen LogP contribution in [-0.4, -0.2) is 47.2 Å². The van der Waals surface area contributed by atoms with E-state index in [1.165, 1.54) is 29.2 Å². The minimum absolute atomic E-state index is 0.131. The fraction of sp³-hybridized carbons (Fsp3) is 0.250. The van der Waals surface area contributed by atoms with Gasteiger partial charge in [-0.3, -0.25) is 14.6 Å². The average molecular weight is 383 g/mol. The van der Waals surface area contributed by atoms with Crippen molar-refractivity contribution in [1.29, 1.82) is 5.26 Å². The lowest BCUT2D eigenvalue weighted by atomic mass is 10.2. The summed E-state index contributed by atoms with van der Waals surface area (Å²) in [5, 5.41) is 19.0. The number of halogens is 1. The summed E-state index contributed by atoms with van der Waals surface area (Å²) in [6.07, 6.45) is -1.09. The van der Waals surface area contributed by atoms with Crippen LogP contribution in [0.5, 0.6) is 5.75 Å². The third-order valence-electron chi connectivity index (χ3n) is 4.37. The second kappa shape index (κ2) is 8.06. The lowest BCUT2D eigenvalue weighted by molar-refractivity contribution is -0.128. The van der Waals surface area contributed by atoms with Crippen molar-refractivity contribution in [3.63, 3.8) is 0 Å². The fourth-order valence-corrected chi connectivity index (χ4v) is 2.91. The third-order valence-corrected chi connectivity index (χ3v) is 4.37. The molecular weight excluding hydrogens is 365 g/mol. The van der Waals surface area contributed by atoms with Crippen molar-refractivity contribution in [1.82, 2.24) is 4.90 Å². The average Bonchev–Trinajstić information content (AvgIpc) is 2.91. The molecule has 1 heterocycles. The topological polar surface area (TPSA) is 93.9 Å². The standard InChI is InChI=1S/C20H18FN3O4/c1-13-19(26)23(20(27)24(13)16-6-4-15(21)5-7-16)11-17(25)12-28-18-8-2-14(10-22)3-9-18/h2-9,13,17,25H,11-12H2,1H3. The molecule has 3 rings (SSSR count). The van der Waals surface area contributed by atoms with Crippen LogP contribution >= 0.6 is 0 Å². The van der Waals surface area contributed by atoms with Crippen LogP contribution < -0.4 is 9.64 Å². The van der Waals surface area contributed by atoms with Gasteiger partial charge in [0, 0.05) is 5.69 Å². The van der Waals surface area contributed by atoms with E-state index in [9.17, 15) is 19.1 Å². The molecule has 0 aliphatic carbocycles. The summed E-state index contributed by atoms with van der Waals surface area (Å²) >= 11 is 0. The molecule has 1 aliphatic rings. The first kappa shape index (κ1) is 19.3. The van der Waals surface area contributed by atoms with Crippen molar-refractivity contribution in [2.45, 2.75) is 19.1 Å². The highest BCUT2D eigenvalue weighted by Crippen LogP contribution is 2.26. The Bertz CT molecular complexity index is 909. The molecular formula is C20H18FN3O4. The molecule has 1 fully saturated rings. The number of rotatable bonds is 6. The van der Waals surface area contributed by atoms with E-state index >= 15 is 0 Å². The number of nitriles is 1. The molecule has 28 heavy (non-hydrogen) atoms. The zero-order valence-corrected chi connectivity index (χ0v) is 15.1. The summed E-state index contributed by atoms with van der Waals surface area (Å²) in [5.41, 5.74) is 0.883. The van der Waals surface area contributed by atoms with Gasteiger partial charge in [-0.1, -0.05) is 0 Å². The van der Waals surface area contributed by atoms with Crippen LogP contribution in [0.15, 0.2) is 48.5 Å². The smallest absolute Gasteiger partial charge is 0.332 e. The first-order valence-electron chi connectivity index (χ1n) is 8.62. The summed E-state index contributed by atoms with van der Waals surface area (Å²) in [6.45, 7) is 1.22. The Morgan fingerprint density at radius 2 is 1.82 bits per heavy atom. The largest absolute Gasteiger partial charge is 0.491 e. The van der Waals surface area contributed by atoms with Crippen LogP contribution in [0.4, 0.5) is 14.9 Å². The molecule has 3 amide bonds. The number of carbonyl (C=O) groups is 2. The van der Waals surface area contributed by atoms with E-state index in [-0.39, 0.29) is 13.2 Å². The number of ether oxygens (including phenoxy) is 1. The summed E-state index contributed by atoms with van der Waals surface area (Å²) in [6, 6.07) is 12.3. The van der Waals surface area contributed by atoms with Gasteiger partial charge in [0.05, 0.1) is 18.2 Å². The number of anilines is 1. The fourth-order valence-electron chi connectivity index (χ4n) is 2.91. The van der Waals surface area contributed by atoms with Gasteiger partial charge in [0.25, 0.3) is 5.91 Å². The molecule has 2 unspecified atom stereocenters. The Labute approximate surface area is 161 Å². The maximum absolute atomic E-state index is 13.1. The molecule has 2 aromatic carbocycles. The highest BCUT2D eigenvalue weighted by molar-refractivity contribution is 6.14. The molecule has 7 nitrogen and oxygen atoms in total. The van der Waals surface area contributed by atoms with Gasteiger partial charge in [-0.05, 0) is 55.5 Å². The van der Waals surface area contributed by atoms with Crippen LogP contribution in [0.3, 0.4) is 0 Å². The number of aliphatic hydroxyl groups is 1. The third kappa shape index (κ3) is 3.94. The van der Waals surface area contributed by atoms with Gasteiger partial charge in [0.1, 0.15) is 30.3 Å². The van der Waals surface area contributed by atoms with Gasteiger partial charge in [0.15, 0.2) is 0 Å². The molecule has 0 saturated carbocycles. The Morgan fingerprint density at radius 1 is 1.18 bits per heavy atom. The zero-order valence-electron chi connectivity index (χ0n) is 15.1. The van der Waals surface area contributed by atoms with E-state index in [0.29, 0.717) is 17.0 Å². The number of hydrogen-bond donors (Lipinski definition) is 1. The van der Waals surface area contributed by atoms with Crippen molar-refractivity contribution in [2.24, 2.45) is 0 Å². The SMILES string of the molecule is CC1C(=O)N(CC(O)COc2ccc(C#N)cc2)C(=O)N1c1ccc(F)cc1. The highest BCUT2D eigenvalue weighted by atomic mass is 19.1. The first-order chi connectivity index (χ1) is 13.4. The molecule has 144 valence electrons. The predicted octanol–water partition coefficient (Wildman–Crippen LogP) is 2.29. The van der Waals surface area contributed by atoms with Gasteiger partial charge in [0.2, 0.25) is 0 Å². The number of nitrogens with zero attached hydrogens (tertiary/aromatic N) is 3. The van der Waals surface area contributed by atoms with Gasteiger partial charge >= 0.3 is 6.03 Å². The summed E-state index contributed by atoms with van der Waals surface area (Å²) in [5.74, 6) is -0.438. The minimum Gasteiger partial charge on any atom is -0.491 e. The number of amides is 3. The lowest BCUT2D eigenvalue weighted by Gasteiger charge is -2.20. The first-order valence-corrected chi connectivity index (χ1v) is 8.62. The van der Waals surface area contributed by atoms with Crippen molar-refractivity contribution in [2.75, 3.05) is 18.1 Å². The van der Waals surface area contributed by atoms with Crippen LogP contribution in [0.1, 0.15) is 12.5 Å². The van der Waals surface area contributed by atoms with Crippen LogP contribution in [0, 0.1) is 17.1 Å². The van der Waals surface area contributed by atoms with E-state index in [1.807, 2.05) is 6.07 Å². The monoisotopic (exact) mass is 383 g/mol. The van der Waals surface area contributed by atoms with E-state index in [2.05, 4.69) is 0 Å². The number of carbonyl (C=O) groups excluding carboxylic acids is 2. The highest BCUT2D eigenvalue weighted by Gasteiger charge is 2.43. The van der Waals surface area contributed by atoms with Gasteiger partial charge in [-0.25, -0.2) is 9.18 Å². The molecule has 1 aliphatic heterocycles. The molecule has 0 spiro atoms. The quantitative estimate of drug-likeness (QED) is 0.773. The molecule has 8 heteroatoms. The van der Waals surface area contributed by atoms with E-state index in [0.717, 1.165) is 4.90 Å². The predicted molar refractivity (Wildman–Crippen MR) is 98.1 cm³/mol. The van der Waals surface area contributed by atoms with Gasteiger partial charge < -0.3 is 9.84 Å². The number of imide groups is 1. The Hall–Kier alpha value is -3.44. The number of aliphatic hydroxyl groups excluding tert-OH is 1. The maximum atomic E-state index is 13.1. The van der Waals surface area contributed by atoms with Crippen LogP contribution in [0.25, 0.3) is 0 Å². The minimum atomic E-state index is -1.09. The molecule has 0 radical (unpaired) electrons. The van der Waals surface area contributed by atoms with Crippen LogP contribution in [-0.2, 0) is 4.79 Å². The van der Waals surface area contributed by atoms with E-state index in [4.69, 9.17) is 10.00 Å². The molecule has 1 N–H and O–H groups in total. The molecule has 2 atom stereocenters. The van der Waals surface area contributed by atoms with Crippen LogP contribution in [0.2, 0.25) is 0 Å². The zero-order chi connectivity index (χ0) is 20.3. The van der Waals surface area contributed by atoms with Crippen molar-refractivity contribution in [3.8, 4) is 11.8 Å². The lowest BCUT2D eigenvalue weighted by Crippen LogP contribution is -2.40. The summed E-state index contributed by atoms with van der Waals surface area (Å²) in [4.78, 5) is 27.3. The molecule has 2 aromatic rings. The van der Waals surface area contributed by atoms with Gasteiger partial charge in [-0.15, -0.1) is 0 Å². The summed E-state index contributed by atoms with van der Waals surface area (Å²) in [7, 11) is 0. The Balaban J connectivity index is 1.62. The van der Waals surface area contributed by atoms with Crippen molar-refractivity contribution >= 4 is 17.6 Å². The van der Waals surface area contributed by atoms with Crippen molar-refractivity contribution < 1.29 is 23.8 Å². The molecule has 0 aromatic heterocycles. The number of hydrogen-bond acceptors (Lipinski definition) is 5. The van der Waals surface area contributed by atoms with Gasteiger partial charge in [-0.2, -0.15) is 5.26 Å². The molecule has 1 saturated heterocycles. The Morgan fingerprint density at radius 3 is 2.43 bits per heavy atom. The molecule has 0 bridgehead atoms. The number of urea groups is 1. The second-order valence-corrected chi connectivity index (χ2v) is 6.35. The summed E-state index contributed by atoms with van der Waals surface area (Å²) < 4.78 is 18.6. The van der Waals surface area contributed by atoms with Crippen molar-refractivity contribution in [3.05, 3.63) is 59.9 Å². The van der Waals surface area contributed by atoms with E-state index in [1.54, 1.807) is 31.2 Å². The number of β-amino-alcohol motifs (C(OH)–C–C–N with tert-alkyl or cyclic N) is 1. The normalized spacial score (nSPS) is 17.6. The Kier molecular flexibility index (Phi) is 5.57. The van der Waals surface area contributed by atoms with E-state index < -0.39 is 29.9 Å². The second-order valence-electron chi connectivity index (χ2n) is 6.35.